The zero-order valence-electron chi connectivity index (χ0n) is 8.50. The van der Waals surface area contributed by atoms with Gasteiger partial charge >= 0.3 is 0 Å². The van der Waals surface area contributed by atoms with Gasteiger partial charge in [-0.3, -0.25) is 4.79 Å². The standard InChI is InChI=1S/C10H13BrN2O2/c1-2-15-10-8(4-3-7-12-10)13-9(14)5-6-11/h3-4,7H,2,5-6H2,1H3,(H,13,14). The highest BCUT2D eigenvalue weighted by Crippen LogP contribution is 2.20. The van der Waals surface area contributed by atoms with Gasteiger partial charge in [0, 0.05) is 17.9 Å². The summed E-state index contributed by atoms with van der Waals surface area (Å²) < 4.78 is 5.28. The highest BCUT2D eigenvalue weighted by atomic mass is 79.9. The minimum atomic E-state index is -0.0548. The van der Waals surface area contributed by atoms with E-state index in [1.54, 1.807) is 18.3 Å². The average Bonchev–Trinajstić information content (AvgIpc) is 2.21. The molecule has 0 unspecified atom stereocenters. The smallest absolute Gasteiger partial charge is 0.237 e. The van der Waals surface area contributed by atoms with Crippen molar-refractivity contribution in [2.45, 2.75) is 13.3 Å². The van der Waals surface area contributed by atoms with Gasteiger partial charge in [0.2, 0.25) is 11.8 Å². The number of carbonyl (C=O) groups is 1. The zero-order chi connectivity index (χ0) is 11.1. The summed E-state index contributed by atoms with van der Waals surface area (Å²) in [5.74, 6) is 0.406. The van der Waals surface area contributed by atoms with Crippen LogP contribution in [-0.2, 0) is 4.79 Å². The number of nitrogens with zero attached hydrogens (tertiary/aromatic N) is 1. The first kappa shape index (κ1) is 12.0. The first-order valence-electron chi connectivity index (χ1n) is 4.71. The van der Waals surface area contributed by atoms with E-state index in [9.17, 15) is 4.79 Å². The minimum absolute atomic E-state index is 0.0548. The van der Waals surface area contributed by atoms with Crippen LogP contribution in [0.25, 0.3) is 0 Å². The van der Waals surface area contributed by atoms with Crippen LogP contribution in [0.2, 0.25) is 0 Å². The number of nitrogens with one attached hydrogen (secondary N) is 1. The molecule has 0 fully saturated rings. The summed E-state index contributed by atoms with van der Waals surface area (Å²) >= 11 is 3.20. The summed E-state index contributed by atoms with van der Waals surface area (Å²) in [6, 6.07) is 3.52. The van der Waals surface area contributed by atoms with Gasteiger partial charge in [0.05, 0.1) is 6.61 Å². The van der Waals surface area contributed by atoms with Gasteiger partial charge < -0.3 is 10.1 Å². The highest BCUT2D eigenvalue weighted by molar-refractivity contribution is 9.09. The van der Waals surface area contributed by atoms with Gasteiger partial charge in [0.25, 0.3) is 0 Å². The molecule has 1 N–H and O–H groups in total. The predicted octanol–water partition coefficient (Wildman–Crippen LogP) is 2.20. The molecule has 1 aromatic heterocycles. The van der Waals surface area contributed by atoms with E-state index in [1.165, 1.54) is 0 Å². The van der Waals surface area contributed by atoms with Crippen LogP contribution in [0.5, 0.6) is 5.88 Å². The van der Waals surface area contributed by atoms with Gasteiger partial charge in [-0.1, -0.05) is 15.9 Å². The summed E-state index contributed by atoms with van der Waals surface area (Å²) in [5.41, 5.74) is 0.616. The molecule has 0 atom stereocenters. The largest absolute Gasteiger partial charge is 0.476 e. The third-order valence-electron chi connectivity index (χ3n) is 1.65. The van der Waals surface area contributed by atoms with Crippen LogP contribution in [0.1, 0.15) is 13.3 Å². The van der Waals surface area contributed by atoms with Crippen LogP contribution in [0, 0.1) is 0 Å². The van der Waals surface area contributed by atoms with E-state index >= 15 is 0 Å². The molecule has 0 saturated heterocycles. The van der Waals surface area contributed by atoms with Gasteiger partial charge in [-0.2, -0.15) is 0 Å². The normalized spacial score (nSPS) is 9.73. The number of aromatic nitrogens is 1. The van der Waals surface area contributed by atoms with E-state index in [-0.39, 0.29) is 5.91 Å². The van der Waals surface area contributed by atoms with Crippen LogP contribution in [0.15, 0.2) is 18.3 Å². The molecule has 0 aliphatic rings. The van der Waals surface area contributed by atoms with Crippen LogP contribution >= 0.6 is 15.9 Å². The van der Waals surface area contributed by atoms with Crippen molar-refractivity contribution in [1.82, 2.24) is 4.98 Å². The number of ether oxygens (including phenoxy) is 1. The summed E-state index contributed by atoms with van der Waals surface area (Å²) in [7, 11) is 0. The number of alkyl halides is 1. The number of pyridine rings is 1. The van der Waals surface area contributed by atoms with E-state index in [0.29, 0.717) is 29.9 Å². The molecule has 0 aromatic carbocycles. The molecule has 0 spiro atoms. The van der Waals surface area contributed by atoms with Gasteiger partial charge in [-0.15, -0.1) is 0 Å². The topological polar surface area (TPSA) is 51.2 Å². The third-order valence-corrected chi connectivity index (χ3v) is 2.04. The molecule has 0 bridgehead atoms. The van der Waals surface area contributed by atoms with Crippen LogP contribution in [0.3, 0.4) is 0 Å². The Kier molecular flexibility index (Phi) is 5.10. The SMILES string of the molecule is CCOc1ncccc1NC(=O)CCBr. The molecule has 0 radical (unpaired) electrons. The monoisotopic (exact) mass is 272 g/mol. The lowest BCUT2D eigenvalue weighted by Crippen LogP contribution is -2.13. The number of hydrogen-bond acceptors (Lipinski definition) is 3. The fourth-order valence-corrected chi connectivity index (χ4v) is 1.40. The fourth-order valence-electron chi connectivity index (χ4n) is 1.04. The van der Waals surface area contributed by atoms with Gasteiger partial charge in [-0.05, 0) is 19.1 Å². The fraction of sp³-hybridized carbons (Fsp3) is 0.400. The van der Waals surface area contributed by atoms with Crippen molar-refractivity contribution in [1.29, 1.82) is 0 Å². The van der Waals surface area contributed by atoms with Crippen molar-refractivity contribution < 1.29 is 9.53 Å². The molecule has 1 rings (SSSR count). The Labute approximate surface area is 97.2 Å². The molecule has 1 aromatic rings. The summed E-state index contributed by atoms with van der Waals surface area (Å²) in [4.78, 5) is 15.4. The number of halogens is 1. The summed E-state index contributed by atoms with van der Waals surface area (Å²) in [5, 5.41) is 3.38. The second kappa shape index (κ2) is 6.40. The van der Waals surface area contributed by atoms with Gasteiger partial charge in [0.15, 0.2) is 0 Å². The molecule has 1 amide bonds. The maximum Gasteiger partial charge on any atom is 0.237 e. The van der Waals surface area contributed by atoms with E-state index in [4.69, 9.17) is 4.74 Å². The number of anilines is 1. The molecule has 0 aliphatic carbocycles. The van der Waals surface area contributed by atoms with E-state index < -0.39 is 0 Å². The third kappa shape index (κ3) is 3.87. The molecular weight excluding hydrogens is 260 g/mol. The lowest BCUT2D eigenvalue weighted by Gasteiger charge is -2.09. The quantitative estimate of drug-likeness (QED) is 0.837. The zero-order valence-corrected chi connectivity index (χ0v) is 10.1. The van der Waals surface area contributed by atoms with Crippen LogP contribution < -0.4 is 10.1 Å². The lowest BCUT2D eigenvalue weighted by atomic mass is 10.3. The second-order valence-electron chi connectivity index (χ2n) is 2.78. The number of rotatable bonds is 5. The highest BCUT2D eigenvalue weighted by Gasteiger charge is 2.07. The summed E-state index contributed by atoms with van der Waals surface area (Å²) in [6.45, 7) is 2.40. The Morgan fingerprint density at radius 2 is 2.47 bits per heavy atom. The van der Waals surface area contributed by atoms with Gasteiger partial charge in [-0.25, -0.2) is 4.98 Å². The Morgan fingerprint density at radius 1 is 1.67 bits per heavy atom. The Hall–Kier alpha value is -1.10. The molecule has 0 saturated carbocycles. The average molecular weight is 273 g/mol. The lowest BCUT2D eigenvalue weighted by molar-refractivity contribution is -0.115. The second-order valence-corrected chi connectivity index (χ2v) is 3.57. The molecule has 4 nitrogen and oxygen atoms in total. The first-order chi connectivity index (χ1) is 7.27. The minimum Gasteiger partial charge on any atom is -0.476 e. The molecule has 5 heteroatoms. The number of amides is 1. The molecular formula is C10H13BrN2O2. The predicted molar refractivity (Wildman–Crippen MR) is 62.4 cm³/mol. The Bertz CT molecular complexity index is 331. The molecule has 15 heavy (non-hydrogen) atoms. The van der Waals surface area contributed by atoms with Crippen molar-refractivity contribution in [3.05, 3.63) is 18.3 Å². The van der Waals surface area contributed by atoms with Crippen molar-refractivity contribution in [2.75, 3.05) is 17.3 Å². The molecule has 1 heterocycles. The van der Waals surface area contributed by atoms with Crippen LogP contribution in [0.4, 0.5) is 5.69 Å². The number of hydrogen-bond donors (Lipinski definition) is 1. The van der Waals surface area contributed by atoms with Crippen molar-refractivity contribution in [3.63, 3.8) is 0 Å². The summed E-state index contributed by atoms with van der Waals surface area (Å²) in [6.07, 6.45) is 2.06. The number of carbonyl (C=O) groups excluding carboxylic acids is 1. The van der Waals surface area contributed by atoms with Gasteiger partial charge in [0.1, 0.15) is 5.69 Å². The maximum absolute atomic E-state index is 11.3. The molecule has 0 aliphatic heterocycles. The van der Waals surface area contributed by atoms with E-state index in [1.807, 2.05) is 6.92 Å². The van der Waals surface area contributed by atoms with Crippen molar-refractivity contribution in [3.8, 4) is 5.88 Å². The van der Waals surface area contributed by atoms with E-state index in [0.717, 1.165) is 0 Å². The first-order valence-corrected chi connectivity index (χ1v) is 5.83. The van der Waals surface area contributed by atoms with E-state index in [2.05, 4.69) is 26.2 Å². The van der Waals surface area contributed by atoms with Crippen molar-refractivity contribution >= 4 is 27.5 Å². The molecule has 82 valence electrons. The van der Waals surface area contributed by atoms with Crippen LogP contribution in [-0.4, -0.2) is 22.8 Å². The van der Waals surface area contributed by atoms with Crippen molar-refractivity contribution in [2.24, 2.45) is 0 Å². The Balaban J connectivity index is 2.70. The maximum atomic E-state index is 11.3. The Morgan fingerprint density at radius 3 is 3.13 bits per heavy atom.